The van der Waals surface area contributed by atoms with Crippen molar-refractivity contribution < 1.29 is 27.4 Å². The quantitative estimate of drug-likeness (QED) is 0.471. The smallest absolute Gasteiger partial charge is 0.264 e. The van der Waals surface area contributed by atoms with Crippen LogP contribution in [0, 0.1) is 0 Å². The molecule has 0 saturated carbocycles. The maximum atomic E-state index is 13.6. The molecule has 3 aromatic rings. The average Bonchev–Trinajstić information content (AvgIpc) is 2.87. The van der Waals surface area contributed by atoms with Crippen LogP contribution in [0.15, 0.2) is 77.7 Å². The van der Waals surface area contributed by atoms with E-state index in [2.05, 4.69) is 5.32 Å². The van der Waals surface area contributed by atoms with Crippen molar-refractivity contribution in [3.63, 3.8) is 0 Å². The van der Waals surface area contributed by atoms with Crippen molar-refractivity contribution in [1.82, 2.24) is 5.32 Å². The molecule has 1 atom stereocenters. The van der Waals surface area contributed by atoms with Gasteiger partial charge in [-0.15, -0.1) is 0 Å². The number of ether oxygens (including phenoxy) is 3. The van der Waals surface area contributed by atoms with Crippen LogP contribution in [-0.2, 0) is 14.8 Å². The van der Waals surface area contributed by atoms with E-state index in [0.29, 0.717) is 17.2 Å². The lowest BCUT2D eigenvalue weighted by atomic mass is 10.1. The fraction of sp³-hybridized carbons (Fsp3) is 0.240. The van der Waals surface area contributed by atoms with Crippen LogP contribution < -0.4 is 23.8 Å². The zero-order valence-electron chi connectivity index (χ0n) is 19.5. The van der Waals surface area contributed by atoms with Crippen molar-refractivity contribution in [3.05, 3.63) is 78.4 Å². The third-order valence-corrected chi connectivity index (χ3v) is 7.06. The monoisotopic (exact) mass is 484 g/mol. The second kappa shape index (κ2) is 10.9. The second-order valence-electron chi connectivity index (χ2n) is 7.42. The van der Waals surface area contributed by atoms with Crippen LogP contribution in [0.25, 0.3) is 0 Å². The van der Waals surface area contributed by atoms with Crippen LogP contribution in [-0.4, -0.2) is 42.2 Å². The minimum absolute atomic E-state index is 0.0233. The van der Waals surface area contributed by atoms with Gasteiger partial charge < -0.3 is 19.5 Å². The Morgan fingerprint density at radius 3 is 1.97 bits per heavy atom. The number of para-hydroxylation sites is 2. The Labute approximate surface area is 200 Å². The van der Waals surface area contributed by atoms with Crippen molar-refractivity contribution in [2.45, 2.75) is 17.9 Å². The summed E-state index contributed by atoms with van der Waals surface area (Å²) < 4.78 is 43.9. The Hall–Kier alpha value is -3.72. The number of carbonyl (C=O) groups excluding carboxylic acids is 1. The second-order valence-corrected chi connectivity index (χ2v) is 9.28. The molecule has 0 fully saturated rings. The first kappa shape index (κ1) is 24.9. The predicted octanol–water partition coefficient (Wildman–Crippen LogP) is 3.79. The predicted molar refractivity (Wildman–Crippen MR) is 130 cm³/mol. The van der Waals surface area contributed by atoms with Crippen molar-refractivity contribution in [2.24, 2.45) is 0 Å². The highest BCUT2D eigenvalue weighted by Gasteiger charge is 2.29. The van der Waals surface area contributed by atoms with Gasteiger partial charge in [-0.2, -0.15) is 0 Å². The van der Waals surface area contributed by atoms with Crippen LogP contribution in [0.2, 0.25) is 0 Å². The molecule has 0 aliphatic heterocycles. The summed E-state index contributed by atoms with van der Waals surface area (Å²) in [6, 6.07) is 19.6. The summed E-state index contributed by atoms with van der Waals surface area (Å²) in [6.45, 7) is 1.39. The van der Waals surface area contributed by atoms with Crippen LogP contribution in [0.4, 0.5) is 5.69 Å². The number of rotatable bonds is 10. The molecule has 1 N–H and O–H groups in total. The van der Waals surface area contributed by atoms with Gasteiger partial charge in [0.05, 0.1) is 38.0 Å². The summed E-state index contributed by atoms with van der Waals surface area (Å²) in [5, 5.41) is 2.87. The summed E-state index contributed by atoms with van der Waals surface area (Å²) in [5.74, 6) is 1.09. The van der Waals surface area contributed by atoms with E-state index in [0.717, 1.165) is 9.87 Å². The molecule has 1 unspecified atom stereocenters. The van der Waals surface area contributed by atoms with Gasteiger partial charge in [0.1, 0.15) is 23.8 Å². The van der Waals surface area contributed by atoms with Crippen LogP contribution in [0.1, 0.15) is 18.5 Å². The van der Waals surface area contributed by atoms with Crippen molar-refractivity contribution in [3.8, 4) is 17.2 Å². The summed E-state index contributed by atoms with van der Waals surface area (Å²) in [6.07, 6.45) is 0. The highest BCUT2D eigenvalue weighted by Crippen LogP contribution is 2.32. The van der Waals surface area contributed by atoms with Gasteiger partial charge in [-0.25, -0.2) is 8.42 Å². The Morgan fingerprint density at radius 2 is 1.41 bits per heavy atom. The molecule has 0 heterocycles. The van der Waals surface area contributed by atoms with Gasteiger partial charge in [-0.05, 0) is 61.0 Å². The standard InChI is InChI=1S/C25H28N2O6S/c1-18(19-9-11-20(31-2)12-10-19)26-25(28)17-27(23-7-5-6-8-24(23)33-4)34(29,30)22-15-13-21(32-3)14-16-22/h5-16,18H,17H2,1-4H3,(H,26,28). The lowest BCUT2D eigenvalue weighted by Gasteiger charge is -2.26. The molecule has 8 nitrogen and oxygen atoms in total. The normalized spacial score (nSPS) is 11.9. The maximum Gasteiger partial charge on any atom is 0.264 e. The van der Waals surface area contributed by atoms with Gasteiger partial charge in [0.25, 0.3) is 10.0 Å². The maximum absolute atomic E-state index is 13.6. The van der Waals surface area contributed by atoms with Crippen molar-refractivity contribution >= 4 is 21.6 Å². The number of carbonyl (C=O) groups is 1. The molecule has 3 rings (SSSR count). The fourth-order valence-corrected chi connectivity index (χ4v) is 4.84. The molecule has 1 amide bonds. The molecule has 3 aromatic carbocycles. The molecule has 0 bridgehead atoms. The topological polar surface area (TPSA) is 94.2 Å². The van der Waals surface area contributed by atoms with E-state index in [1.165, 1.54) is 26.4 Å². The van der Waals surface area contributed by atoms with E-state index < -0.39 is 22.5 Å². The van der Waals surface area contributed by atoms with E-state index in [4.69, 9.17) is 14.2 Å². The summed E-state index contributed by atoms with van der Waals surface area (Å²) in [5.41, 5.74) is 1.11. The summed E-state index contributed by atoms with van der Waals surface area (Å²) in [4.78, 5) is 13.0. The largest absolute Gasteiger partial charge is 0.497 e. The Bertz CT molecular complexity index is 1210. The molecule has 180 valence electrons. The van der Waals surface area contributed by atoms with Crippen molar-refractivity contribution in [2.75, 3.05) is 32.2 Å². The zero-order valence-corrected chi connectivity index (χ0v) is 20.3. The minimum Gasteiger partial charge on any atom is -0.497 e. The van der Waals surface area contributed by atoms with Crippen molar-refractivity contribution in [1.29, 1.82) is 0 Å². The molecule has 0 aromatic heterocycles. The van der Waals surface area contributed by atoms with E-state index in [1.807, 2.05) is 19.1 Å². The third-order valence-electron chi connectivity index (χ3n) is 5.28. The lowest BCUT2D eigenvalue weighted by Crippen LogP contribution is -2.41. The Morgan fingerprint density at radius 1 is 0.853 bits per heavy atom. The SMILES string of the molecule is COc1ccc(C(C)NC(=O)CN(c2ccccc2OC)S(=O)(=O)c2ccc(OC)cc2)cc1. The van der Waals surface area contributed by atoms with Crippen LogP contribution >= 0.6 is 0 Å². The molecule has 0 saturated heterocycles. The number of benzene rings is 3. The Kier molecular flexibility index (Phi) is 8.01. The molecule has 0 spiro atoms. The lowest BCUT2D eigenvalue weighted by molar-refractivity contribution is -0.120. The highest BCUT2D eigenvalue weighted by molar-refractivity contribution is 7.92. The van der Waals surface area contributed by atoms with E-state index in [-0.39, 0.29) is 16.6 Å². The molecular formula is C25H28N2O6S. The molecule has 9 heteroatoms. The summed E-state index contributed by atoms with van der Waals surface area (Å²) >= 11 is 0. The van der Waals surface area contributed by atoms with Crippen LogP contribution in [0.5, 0.6) is 17.2 Å². The minimum atomic E-state index is -4.10. The first-order chi connectivity index (χ1) is 16.3. The number of sulfonamides is 1. The third kappa shape index (κ3) is 5.60. The number of anilines is 1. The zero-order chi connectivity index (χ0) is 24.7. The average molecular weight is 485 g/mol. The number of amides is 1. The number of nitrogens with one attached hydrogen (secondary N) is 1. The van der Waals surface area contributed by atoms with Gasteiger partial charge in [-0.1, -0.05) is 24.3 Å². The van der Waals surface area contributed by atoms with Crippen LogP contribution in [0.3, 0.4) is 0 Å². The number of methoxy groups -OCH3 is 3. The van der Waals surface area contributed by atoms with E-state index in [9.17, 15) is 13.2 Å². The molecule has 0 aliphatic carbocycles. The van der Waals surface area contributed by atoms with E-state index in [1.54, 1.807) is 55.6 Å². The van der Waals surface area contributed by atoms with Gasteiger partial charge in [0, 0.05) is 0 Å². The number of hydrogen-bond acceptors (Lipinski definition) is 6. The van der Waals surface area contributed by atoms with Gasteiger partial charge in [-0.3, -0.25) is 9.10 Å². The van der Waals surface area contributed by atoms with Gasteiger partial charge in [0.2, 0.25) is 5.91 Å². The first-order valence-corrected chi connectivity index (χ1v) is 12.0. The van der Waals surface area contributed by atoms with Gasteiger partial charge >= 0.3 is 0 Å². The molecule has 34 heavy (non-hydrogen) atoms. The Balaban J connectivity index is 1.91. The number of nitrogens with zero attached hydrogens (tertiary/aromatic N) is 1. The molecule has 0 aliphatic rings. The first-order valence-electron chi connectivity index (χ1n) is 10.5. The number of hydrogen-bond donors (Lipinski definition) is 1. The highest BCUT2D eigenvalue weighted by atomic mass is 32.2. The molecular weight excluding hydrogens is 456 g/mol. The molecule has 0 radical (unpaired) electrons. The fourth-order valence-electron chi connectivity index (χ4n) is 3.40. The summed E-state index contributed by atoms with van der Waals surface area (Å²) in [7, 11) is 0.430. The van der Waals surface area contributed by atoms with Gasteiger partial charge in [0.15, 0.2) is 0 Å². The van der Waals surface area contributed by atoms with E-state index >= 15 is 0 Å².